The van der Waals surface area contributed by atoms with E-state index < -0.39 is 17.8 Å². The molecule has 0 fully saturated rings. The van der Waals surface area contributed by atoms with Crippen LogP contribution in [-0.4, -0.2) is 16.0 Å². The van der Waals surface area contributed by atoms with Crippen LogP contribution in [-0.2, 0) is 4.79 Å². The van der Waals surface area contributed by atoms with Crippen molar-refractivity contribution in [3.8, 4) is 0 Å². The standard InChI is InChI=1S/C15H14ClFN2O2/c1-9-5-12(8-18-15(9)16)19-14(21)7-13(20)10-3-2-4-11(17)6-10/h2-6,8,13,20H,7H2,1H3,(H,19,21). The number of aliphatic hydroxyl groups excluding tert-OH is 1. The fourth-order valence-corrected chi connectivity index (χ4v) is 1.95. The quantitative estimate of drug-likeness (QED) is 0.852. The van der Waals surface area contributed by atoms with Crippen LogP contribution < -0.4 is 5.32 Å². The van der Waals surface area contributed by atoms with E-state index in [1.807, 2.05) is 0 Å². The molecule has 1 aromatic carbocycles. The zero-order valence-corrected chi connectivity index (χ0v) is 12.1. The van der Waals surface area contributed by atoms with Gasteiger partial charge in [-0.3, -0.25) is 4.79 Å². The number of carbonyl (C=O) groups excluding carboxylic acids is 1. The van der Waals surface area contributed by atoms with Crippen LogP contribution in [0.5, 0.6) is 0 Å². The lowest BCUT2D eigenvalue weighted by Gasteiger charge is -2.11. The number of anilines is 1. The molecule has 4 nitrogen and oxygen atoms in total. The summed E-state index contributed by atoms with van der Waals surface area (Å²) in [5.41, 5.74) is 1.59. The van der Waals surface area contributed by atoms with Crippen molar-refractivity contribution in [2.24, 2.45) is 0 Å². The zero-order chi connectivity index (χ0) is 15.4. The first-order valence-corrected chi connectivity index (χ1v) is 6.69. The summed E-state index contributed by atoms with van der Waals surface area (Å²) in [5, 5.41) is 12.9. The van der Waals surface area contributed by atoms with Crippen molar-refractivity contribution in [3.05, 3.63) is 58.6 Å². The molecule has 0 saturated carbocycles. The van der Waals surface area contributed by atoms with Crippen LogP contribution in [0, 0.1) is 12.7 Å². The first-order chi connectivity index (χ1) is 9.95. The number of rotatable bonds is 4. The first-order valence-electron chi connectivity index (χ1n) is 6.31. The van der Waals surface area contributed by atoms with E-state index in [1.165, 1.54) is 24.4 Å². The van der Waals surface area contributed by atoms with Gasteiger partial charge in [-0.1, -0.05) is 23.7 Å². The molecule has 0 radical (unpaired) electrons. The Morgan fingerprint density at radius 2 is 2.24 bits per heavy atom. The number of benzene rings is 1. The largest absolute Gasteiger partial charge is 0.388 e. The van der Waals surface area contributed by atoms with Gasteiger partial charge in [-0.2, -0.15) is 0 Å². The number of pyridine rings is 1. The Morgan fingerprint density at radius 1 is 1.48 bits per heavy atom. The molecule has 6 heteroatoms. The van der Waals surface area contributed by atoms with E-state index in [2.05, 4.69) is 10.3 Å². The normalized spacial score (nSPS) is 12.0. The van der Waals surface area contributed by atoms with Crippen molar-refractivity contribution in [2.45, 2.75) is 19.4 Å². The highest BCUT2D eigenvalue weighted by molar-refractivity contribution is 6.30. The van der Waals surface area contributed by atoms with Gasteiger partial charge < -0.3 is 10.4 Å². The van der Waals surface area contributed by atoms with Crippen molar-refractivity contribution in [2.75, 3.05) is 5.32 Å². The number of carbonyl (C=O) groups is 1. The Labute approximate surface area is 126 Å². The Bertz CT molecular complexity index is 664. The summed E-state index contributed by atoms with van der Waals surface area (Å²) in [6.07, 6.45) is 0.189. The Kier molecular flexibility index (Phi) is 4.88. The molecule has 1 heterocycles. The number of aromatic nitrogens is 1. The van der Waals surface area contributed by atoms with Gasteiger partial charge in [0.15, 0.2) is 0 Å². The van der Waals surface area contributed by atoms with Gasteiger partial charge >= 0.3 is 0 Å². The van der Waals surface area contributed by atoms with Gasteiger partial charge in [-0.25, -0.2) is 9.37 Å². The topological polar surface area (TPSA) is 62.2 Å². The van der Waals surface area contributed by atoms with Crippen molar-refractivity contribution >= 4 is 23.2 Å². The molecular weight excluding hydrogens is 295 g/mol. The highest BCUT2D eigenvalue weighted by Crippen LogP contribution is 2.20. The number of aryl methyl sites for hydroxylation is 1. The monoisotopic (exact) mass is 308 g/mol. The van der Waals surface area contributed by atoms with Crippen LogP contribution in [0.1, 0.15) is 23.7 Å². The third-order valence-corrected chi connectivity index (χ3v) is 3.31. The number of halogens is 2. The maximum Gasteiger partial charge on any atom is 0.227 e. The highest BCUT2D eigenvalue weighted by atomic mass is 35.5. The zero-order valence-electron chi connectivity index (χ0n) is 11.3. The lowest BCUT2D eigenvalue weighted by Crippen LogP contribution is -2.15. The first kappa shape index (κ1) is 15.4. The number of hydrogen-bond donors (Lipinski definition) is 2. The van der Waals surface area contributed by atoms with E-state index >= 15 is 0 Å². The summed E-state index contributed by atoms with van der Waals surface area (Å²) in [4.78, 5) is 15.8. The van der Waals surface area contributed by atoms with Crippen LogP contribution in [0.25, 0.3) is 0 Å². The summed E-state index contributed by atoms with van der Waals surface area (Å²) in [6.45, 7) is 1.77. The van der Waals surface area contributed by atoms with E-state index in [4.69, 9.17) is 11.6 Å². The highest BCUT2D eigenvalue weighted by Gasteiger charge is 2.14. The molecule has 0 spiro atoms. The number of aliphatic hydroxyl groups is 1. The third-order valence-electron chi connectivity index (χ3n) is 2.91. The fraction of sp³-hybridized carbons (Fsp3) is 0.200. The fourth-order valence-electron chi connectivity index (χ4n) is 1.85. The molecule has 1 amide bonds. The van der Waals surface area contributed by atoms with E-state index in [0.29, 0.717) is 16.4 Å². The molecule has 2 aromatic rings. The van der Waals surface area contributed by atoms with Gasteiger partial charge in [0.1, 0.15) is 11.0 Å². The van der Waals surface area contributed by atoms with Crippen molar-refractivity contribution in [3.63, 3.8) is 0 Å². The number of nitrogens with one attached hydrogen (secondary N) is 1. The number of nitrogens with zero attached hydrogens (tertiary/aromatic N) is 1. The molecule has 2 rings (SSSR count). The van der Waals surface area contributed by atoms with E-state index in [-0.39, 0.29) is 6.42 Å². The van der Waals surface area contributed by atoms with Crippen molar-refractivity contribution in [1.82, 2.24) is 4.98 Å². The predicted molar refractivity (Wildman–Crippen MR) is 78.6 cm³/mol. The van der Waals surface area contributed by atoms with Crippen LogP contribution in [0.2, 0.25) is 5.15 Å². The maximum atomic E-state index is 13.1. The summed E-state index contributed by atoms with van der Waals surface area (Å²) in [7, 11) is 0. The van der Waals surface area contributed by atoms with Gasteiger partial charge in [0.05, 0.1) is 24.4 Å². The van der Waals surface area contributed by atoms with Gasteiger partial charge in [0.2, 0.25) is 5.91 Å². The lowest BCUT2D eigenvalue weighted by molar-refractivity contribution is -0.118. The molecule has 0 aliphatic rings. The second-order valence-electron chi connectivity index (χ2n) is 4.65. The van der Waals surface area contributed by atoms with Gasteiger partial charge in [0, 0.05) is 0 Å². The molecule has 1 unspecified atom stereocenters. The number of amides is 1. The average molecular weight is 309 g/mol. The lowest BCUT2D eigenvalue weighted by atomic mass is 10.1. The maximum absolute atomic E-state index is 13.1. The van der Waals surface area contributed by atoms with Gasteiger partial charge in [-0.15, -0.1) is 0 Å². The SMILES string of the molecule is Cc1cc(NC(=O)CC(O)c2cccc(F)c2)cnc1Cl. The molecule has 2 N–H and O–H groups in total. The van der Waals surface area contributed by atoms with E-state index in [9.17, 15) is 14.3 Å². The summed E-state index contributed by atoms with van der Waals surface area (Å²) in [6, 6.07) is 7.21. The minimum Gasteiger partial charge on any atom is -0.388 e. The molecule has 1 atom stereocenters. The summed E-state index contributed by atoms with van der Waals surface area (Å²) in [5.74, 6) is -0.847. The van der Waals surface area contributed by atoms with Crippen LogP contribution in [0.3, 0.4) is 0 Å². The second-order valence-corrected chi connectivity index (χ2v) is 5.01. The number of hydrogen-bond acceptors (Lipinski definition) is 3. The Hall–Kier alpha value is -1.98. The van der Waals surface area contributed by atoms with Crippen LogP contribution in [0.15, 0.2) is 36.5 Å². The Balaban J connectivity index is 1.99. The molecule has 0 aliphatic carbocycles. The van der Waals surface area contributed by atoms with Gasteiger partial charge in [-0.05, 0) is 36.2 Å². The molecule has 0 saturated heterocycles. The van der Waals surface area contributed by atoms with Crippen molar-refractivity contribution < 1.29 is 14.3 Å². The van der Waals surface area contributed by atoms with Crippen molar-refractivity contribution in [1.29, 1.82) is 0 Å². The van der Waals surface area contributed by atoms with Gasteiger partial charge in [0.25, 0.3) is 0 Å². The Morgan fingerprint density at radius 3 is 2.90 bits per heavy atom. The molecule has 0 aliphatic heterocycles. The molecule has 110 valence electrons. The second kappa shape index (κ2) is 6.65. The minimum atomic E-state index is -1.07. The predicted octanol–water partition coefficient (Wildman–Crippen LogP) is 3.24. The third kappa shape index (κ3) is 4.24. The van der Waals surface area contributed by atoms with E-state index in [1.54, 1.807) is 19.1 Å². The smallest absolute Gasteiger partial charge is 0.227 e. The summed E-state index contributed by atoms with van der Waals surface area (Å²) >= 11 is 5.80. The van der Waals surface area contributed by atoms with Crippen LogP contribution >= 0.6 is 11.6 Å². The average Bonchev–Trinajstić information content (AvgIpc) is 2.43. The van der Waals surface area contributed by atoms with Crippen LogP contribution in [0.4, 0.5) is 10.1 Å². The molecule has 1 aromatic heterocycles. The minimum absolute atomic E-state index is 0.175. The molecule has 21 heavy (non-hydrogen) atoms. The molecular formula is C15H14ClFN2O2. The van der Waals surface area contributed by atoms with E-state index in [0.717, 1.165) is 5.56 Å². The molecule has 0 bridgehead atoms. The summed E-state index contributed by atoms with van der Waals surface area (Å²) < 4.78 is 13.1.